The van der Waals surface area contributed by atoms with Crippen molar-refractivity contribution in [3.05, 3.63) is 71.3 Å². The van der Waals surface area contributed by atoms with E-state index in [9.17, 15) is 14.7 Å². The average molecular weight is 323 g/mol. The van der Waals surface area contributed by atoms with Crippen molar-refractivity contribution in [2.75, 3.05) is 19.0 Å². The zero-order valence-corrected chi connectivity index (χ0v) is 13.4. The maximum absolute atomic E-state index is 12.2. The molecule has 5 nitrogen and oxygen atoms in total. The van der Waals surface area contributed by atoms with E-state index in [4.69, 9.17) is 4.74 Å². The minimum atomic E-state index is -0.950. The van der Waals surface area contributed by atoms with E-state index < -0.39 is 17.9 Å². The van der Waals surface area contributed by atoms with Gasteiger partial charge in [-0.2, -0.15) is 0 Å². The summed E-state index contributed by atoms with van der Waals surface area (Å²) in [6.45, 7) is 0. The molecular formula is C19H17NO4. The summed E-state index contributed by atoms with van der Waals surface area (Å²) >= 11 is 0. The Balaban J connectivity index is 2.06. The van der Waals surface area contributed by atoms with Gasteiger partial charge in [-0.3, -0.25) is 4.79 Å². The summed E-state index contributed by atoms with van der Waals surface area (Å²) in [6, 6.07) is 15.9. The number of aliphatic hydroxyl groups is 1. The number of nitrogens with zero attached hydrogens (tertiary/aromatic N) is 1. The number of hydrogen-bond acceptors (Lipinski definition) is 5. The van der Waals surface area contributed by atoms with Crippen LogP contribution in [0.15, 0.2) is 60.2 Å². The molecule has 0 amide bonds. The number of aliphatic hydroxyl groups excluding tert-OH is 1. The van der Waals surface area contributed by atoms with Gasteiger partial charge in [0.1, 0.15) is 5.76 Å². The van der Waals surface area contributed by atoms with E-state index in [-0.39, 0.29) is 11.3 Å². The fourth-order valence-corrected chi connectivity index (χ4v) is 2.61. The Morgan fingerprint density at radius 3 is 2.21 bits per heavy atom. The maximum Gasteiger partial charge on any atom is 0.380 e. The van der Waals surface area contributed by atoms with Crippen LogP contribution in [0.1, 0.15) is 17.2 Å². The first-order valence-corrected chi connectivity index (χ1v) is 7.50. The van der Waals surface area contributed by atoms with Crippen LogP contribution in [0.25, 0.3) is 5.76 Å². The molecule has 1 fully saturated rings. The normalized spacial score (nSPS) is 19.2. The molecule has 0 saturated carbocycles. The Hall–Kier alpha value is -3.08. The Labute approximate surface area is 139 Å². The van der Waals surface area contributed by atoms with Crippen molar-refractivity contribution >= 4 is 23.2 Å². The predicted molar refractivity (Wildman–Crippen MR) is 90.6 cm³/mol. The standard InChI is InChI=1S/C19H17NO4/c1-20(2)14-10-8-13(9-11-14)18-15(17(22)19(23)24-18)16(21)12-6-4-3-5-7-12/h3-11,18,21H,1-2H3/b16-15-. The maximum atomic E-state index is 12.2. The summed E-state index contributed by atoms with van der Waals surface area (Å²) in [5.74, 6) is -1.99. The molecule has 0 spiro atoms. The third-order valence-corrected chi connectivity index (χ3v) is 3.93. The average Bonchev–Trinajstić information content (AvgIpc) is 2.90. The second-order valence-corrected chi connectivity index (χ2v) is 5.73. The smallest absolute Gasteiger partial charge is 0.380 e. The van der Waals surface area contributed by atoms with E-state index >= 15 is 0 Å². The summed E-state index contributed by atoms with van der Waals surface area (Å²) in [5.41, 5.74) is 2.06. The van der Waals surface area contributed by atoms with E-state index in [1.807, 2.05) is 31.1 Å². The van der Waals surface area contributed by atoms with Crippen molar-refractivity contribution in [2.45, 2.75) is 6.10 Å². The lowest BCUT2D eigenvalue weighted by atomic mass is 9.96. The van der Waals surface area contributed by atoms with Crippen LogP contribution in [0.3, 0.4) is 0 Å². The molecule has 122 valence electrons. The van der Waals surface area contributed by atoms with Crippen LogP contribution in [-0.4, -0.2) is 31.0 Å². The first-order chi connectivity index (χ1) is 11.5. The van der Waals surface area contributed by atoms with Gasteiger partial charge in [-0.05, 0) is 17.7 Å². The number of carbonyl (C=O) groups excluding carboxylic acids is 2. The van der Waals surface area contributed by atoms with Crippen LogP contribution in [-0.2, 0) is 14.3 Å². The number of hydrogen-bond donors (Lipinski definition) is 1. The van der Waals surface area contributed by atoms with Crippen molar-refractivity contribution in [3.63, 3.8) is 0 Å². The van der Waals surface area contributed by atoms with E-state index in [0.29, 0.717) is 11.1 Å². The second kappa shape index (κ2) is 6.20. The first kappa shape index (κ1) is 15.8. The lowest BCUT2D eigenvalue weighted by Crippen LogP contribution is -2.09. The van der Waals surface area contributed by atoms with Crippen molar-refractivity contribution in [1.82, 2.24) is 0 Å². The van der Waals surface area contributed by atoms with Gasteiger partial charge in [-0.15, -0.1) is 0 Å². The largest absolute Gasteiger partial charge is 0.507 e. The summed E-state index contributed by atoms with van der Waals surface area (Å²) in [5, 5.41) is 10.5. The van der Waals surface area contributed by atoms with Gasteiger partial charge in [0.05, 0.1) is 5.57 Å². The van der Waals surface area contributed by atoms with Gasteiger partial charge in [0, 0.05) is 25.3 Å². The fraction of sp³-hybridized carbons (Fsp3) is 0.158. The number of benzene rings is 2. The lowest BCUT2D eigenvalue weighted by molar-refractivity contribution is -0.149. The highest BCUT2D eigenvalue weighted by Gasteiger charge is 2.42. The van der Waals surface area contributed by atoms with Gasteiger partial charge < -0.3 is 14.7 Å². The number of anilines is 1. The number of esters is 1. The molecule has 1 aliphatic rings. The van der Waals surface area contributed by atoms with E-state index in [2.05, 4.69) is 0 Å². The van der Waals surface area contributed by atoms with E-state index in [0.717, 1.165) is 5.69 Å². The molecule has 1 saturated heterocycles. The van der Waals surface area contributed by atoms with Gasteiger partial charge in [-0.25, -0.2) is 4.79 Å². The predicted octanol–water partition coefficient (Wildman–Crippen LogP) is 2.89. The molecule has 1 N–H and O–H groups in total. The monoisotopic (exact) mass is 323 g/mol. The summed E-state index contributed by atoms with van der Waals surface area (Å²) in [4.78, 5) is 25.9. The first-order valence-electron chi connectivity index (χ1n) is 7.50. The molecule has 0 radical (unpaired) electrons. The van der Waals surface area contributed by atoms with Crippen molar-refractivity contribution < 1.29 is 19.4 Å². The molecule has 5 heteroatoms. The van der Waals surface area contributed by atoms with E-state index in [1.54, 1.807) is 42.5 Å². The molecule has 1 atom stereocenters. The molecule has 0 aliphatic carbocycles. The van der Waals surface area contributed by atoms with Crippen molar-refractivity contribution in [1.29, 1.82) is 0 Å². The van der Waals surface area contributed by atoms with Crippen LogP contribution < -0.4 is 4.90 Å². The molecule has 0 aromatic heterocycles. The highest BCUT2D eigenvalue weighted by molar-refractivity contribution is 6.44. The van der Waals surface area contributed by atoms with Gasteiger partial charge in [-0.1, -0.05) is 42.5 Å². The van der Waals surface area contributed by atoms with Crippen LogP contribution in [0.5, 0.6) is 0 Å². The van der Waals surface area contributed by atoms with Crippen LogP contribution in [0.4, 0.5) is 5.69 Å². The van der Waals surface area contributed by atoms with Gasteiger partial charge in [0.2, 0.25) is 0 Å². The lowest BCUT2D eigenvalue weighted by Gasteiger charge is -2.16. The Bertz CT molecular complexity index is 807. The van der Waals surface area contributed by atoms with Crippen LogP contribution in [0.2, 0.25) is 0 Å². The number of ether oxygens (including phenoxy) is 1. The van der Waals surface area contributed by atoms with E-state index in [1.165, 1.54) is 0 Å². The third-order valence-electron chi connectivity index (χ3n) is 3.93. The summed E-state index contributed by atoms with van der Waals surface area (Å²) in [7, 11) is 3.83. The number of rotatable bonds is 3. The molecule has 1 unspecified atom stereocenters. The topological polar surface area (TPSA) is 66.8 Å². The number of carbonyl (C=O) groups is 2. The zero-order chi connectivity index (χ0) is 17.3. The molecule has 2 aromatic carbocycles. The van der Waals surface area contributed by atoms with Crippen LogP contribution >= 0.6 is 0 Å². The Morgan fingerprint density at radius 1 is 1.00 bits per heavy atom. The number of Topliss-reactive ketones (excluding diaryl/α,β-unsaturated/α-hetero) is 1. The minimum Gasteiger partial charge on any atom is -0.507 e. The second-order valence-electron chi connectivity index (χ2n) is 5.73. The van der Waals surface area contributed by atoms with Gasteiger partial charge in [0.25, 0.3) is 5.78 Å². The molecule has 24 heavy (non-hydrogen) atoms. The highest BCUT2D eigenvalue weighted by Crippen LogP contribution is 2.37. The van der Waals surface area contributed by atoms with Crippen LogP contribution in [0, 0.1) is 0 Å². The number of ketones is 1. The third kappa shape index (κ3) is 2.76. The van der Waals surface area contributed by atoms with Gasteiger partial charge in [0.15, 0.2) is 6.10 Å². The fourth-order valence-electron chi connectivity index (χ4n) is 2.61. The number of cyclic esters (lactones) is 1. The molecule has 2 aromatic rings. The Morgan fingerprint density at radius 2 is 1.62 bits per heavy atom. The summed E-state index contributed by atoms with van der Waals surface area (Å²) in [6.07, 6.45) is -0.901. The van der Waals surface area contributed by atoms with Crippen molar-refractivity contribution in [3.8, 4) is 0 Å². The SMILES string of the molecule is CN(C)c1ccc(C2OC(=O)C(=O)/C2=C(/O)c2ccccc2)cc1. The summed E-state index contributed by atoms with van der Waals surface area (Å²) < 4.78 is 5.20. The molecule has 1 heterocycles. The molecular weight excluding hydrogens is 306 g/mol. The molecule has 3 rings (SSSR count). The minimum absolute atomic E-state index is 0.0243. The Kier molecular flexibility index (Phi) is 4.08. The quantitative estimate of drug-likeness (QED) is 0.407. The molecule has 0 bridgehead atoms. The highest BCUT2D eigenvalue weighted by atomic mass is 16.6. The van der Waals surface area contributed by atoms with Crippen molar-refractivity contribution in [2.24, 2.45) is 0 Å². The molecule has 1 aliphatic heterocycles. The van der Waals surface area contributed by atoms with Gasteiger partial charge >= 0.3 is 5.97 Å². The zero-order valence-electron chi connectivity index (χ0n) is 13.4.